The third-order valence-electron chi connectivity index (χ3n) is 5.03. The molecule has 3 nitrogen and oxygen atoms in total. The van der Waals surface area contributed by atoms with E-state index in [4.69, 9.17) is 0 Å². The minimum absolute atomic E-state index is 0.0520. The Morgan fingerprint density at radius 2 is 1.94 bits per heavy atom. The van der Waals surface area contributed by atoms with Crippen molar-refractivity contribution in [2.45, 2.75) is 64.8 Å². The lowest BCUT2D eigenvalue weighted by Gasteiger charge is -2.38. The second-order valence-corrected chi connectivity index (χ2v) is 6.99. The SMILES string of the molecule is CC1(NC(=O)C(C)(C)C2CCCNC2)CCCC1. The average molecular weight is 252 g/mol. The van der Waals surface area contributed by atoms with Crippen molar-refractivity contribution in [1.82, 2.24) is 10.6 Å². The minimum atomic E-state index is -0.251. The van der Waals surface area contributed by atoms with E-state index in [9.17, 15) is 4.79 Å². The molecule has 1 saturated heterocycles. The number of carbonyl (C=O) groups excluding carboxylic acids is 1. The van der Waals surface area contributed by atoms with Gasteiger partial charge in [-0.15, -0.1) is 0 Å². The Labute approximate surface area is 111 Å². The van der Waals surface area contributed by atoms with E-state index in [2.05, 4.69) is 31.4 Å². The molecule has 0 aromatic carbocycles. The van der Waals surface area contributed by atoms with Gasteiger partial charge in [0.25, 0.3) is 0 Å². The van der Waals surface area contributed by atoms with Gasteiger partial charge in [0.2, 0.25) is 5.91 Å². The highest BCUT2D eigenvalue weighted by atomic mass is 16.2. The van der Waals surface area contributed by atoms with E-state index in [1.165, 1.54) is 25.7 Å². The lowest BCUT2D eigenvalue weighted by Crippen LogP contribution is -2.53. The summed E-state index contributed by atoms with van der Waals surface area (Å²) in [6, 6.07) is 0. The summed E-state index contributed by atoms with van der Waals surface area (Å²) in [5.74, 6) is 0.719. The highest BCUT2D eigenvalue weighted by Gasteiger charge is 2.40. The normalized spacial score (nSPS) is 28.1. The standard InChI is InChI=1S/C15H28N2O/c1-14(2,12-7-6-10-16-11-12)13(18)17-15(3)8-4-5-9-15/h12,16H,4-11H2,1-3H3,(H,17,18). The Kier molecular flexibility index (Phi) is 4.00. The molecule has 104 valence electrons. The van der Waals surface area contributed by atoms with E-state index < -0.39 is 0 Å². The highest BCUT2D eigenvalue weighted by Crippen LogP contribution is 2.35. The zero-order chi connectivity index (χ0) is 13.2. The summed E-state index contributed by atoms with van der Waals surface area (Å²) in [5.41, 5.74) is -0.199. The van der Waals surface area contributed by atoms with Gasteiger partial charge in [-0.3, -0.25) is 4.79 Å². The number of hydrogen-bond donors (Lipinski definition) is 2. The molecule has 18 heavy (non-hydrogen) atoms. The van der Waals surface area contributed by atoms with Gasteiger partial charge >= 0.3 is 0 Å². The number of rotatable bonds is 3. The molecule has 1 saturated carbocycles. The van der Waals surface area contributed by atoms with E-state index in [1.54, 1.807) is 0 Å². The van der Waals surface area contributed by atoms with Crippen LogP contribution in [-0.2, 0) is 4.79 Å². The molecule has 3 heteroatoms. The number of carbonyl (C=O) groups is 1. The number of hydrogen-bond acceptors (Lipinski definition) is 2. The molecular weight excluding hydrogens is 224 g/mol. The van der Waals surface area contributed by atoms with Crippen LogP contribution in [0.15, 0.2) is 0 Å². The molecule has 2 fully saturated rings. The van der Waals surface area contributed by atoms with E-state index in [-0.39, 0.29) is 16.9 Å². The molecule has 2 rings (SSSR count). The van der Waals surface area contributed by atoms with Gasteiger partial charge < -0.3 is 10.6 Å². The number of piperidine rings is 1. The van der Waals surface area contributed by atoms with Crippen molar-refractivity contribution in [3.63, 3.8) is 0 Å². The predicted octanol–water partition coefficient (Wildman–Crippen LogP) is 2.46. The summed E-state index contributed by atoms with van der Waals surface area (Å²) in [4.78, 5) is 12.6. The molecule has 1 heterocycles. The second-order valence-electron chi connectivity index (χ2n) is 6.99. The molecule has 2 N–H and O–H groups in total. The van der Waals surface area contributed by atoms with Crippen molar-refractivity contribution < 1.29 is 4.79 Å². The number of amides is 1. The average Bonchev–Trinajstić information content (AvgIpc) is 2.77. The van der Waals surface area contributed by atoms with E-state index in [0.29, 0.717) is 5.92 Å². The highest BCUT2D eigenvalue weighted by molar-refractivity contribution is 5.83. The third kappa shape index (κ3) is 2.87. The smallest absolute Gasteiger partial charge is 0.226 e. The fourth-order valence-corrected chi connectivity index (χ4v) is 3.37. The molecular formula is C15H28N2O. The van der Waals surface area contributed by atoms with Gasteiger partial charge in [0.15, 0.2) is 0 Å². The van der Waals surface area contributed by atoms with Gasteiger partial charge in [0, 0.05) is 11.0 Å². The molecule has 1 aliphatic heterocycles. The monoisotopic (exact) mass is 252 g/mol. The molecule has 0 radical (unpaired) electrons. The van der Waals surface area contributed by atoms with Crippen LogP contribution in [0, 0.1) is 11.3 Å². The van der Waals surface area contributed by atoms with E-state index >= 15 is 0 Å². The summed E-state index contributed by atoms with van der Waals surface area (Å²) in [6.45, 7) is 8.51. The van der Waals surface area contributed by atoms with Crippen molar-refractivity contribution in [2.24, 2.45) is 11.3 Å². The Balaban J connectivity index is 1.97. The molecule has 0 bridgehead atoms. The van der Waals surface area contributed by atoms with Crippen LogP contribution in [0.5, 0.6) is 0 Å². The summed E-state index contributed by atoms with van der Waals surface area (Å²) in [7, 11) is 0. The van der Waals surface area contributed by atoms with Crippen LogP contribution >= 0.6 is 0 Å². The Morgan fingerprint density at radius 1 is 1.28 bits per heavy atom. The van der Waals surface area contributed by atoms with Gasteiger partial charge in [-0.05, 0) is 51.6 Å². The van der Waals surface area contributed by atoms with Crippen molar-refractivity contribution in [3.05, 3.63) is 0 Å². The van der Waals surface area contributed by atoms with Gasteiger partial charge in [-0.1, -0.05) is 26.7 Å². The lowest BCUT2D eigenvalue weighted by atomic mass is 9.74. The Bertz CT molecular complexity index is 300. The maximum atomic E-state index is 12.6. The van der Waals surface area contributed by atoms with Crippen LogP contribution in [0.2, 0.25) is 0 Å². The topological polar surface area (TPSA) is 41.1 Å². The van der Waals surface area contributed by atoms with Crippen LogP contribution in [0.1, 0.15) is 59.3 Å². The van der Waals surface area contributed by atoms with Crippen LogP contribution in [0.4, 0.5) is 0 Å². The predicted molar refractivity (Wildman–Crippen MR) is 74.4 cm³/mol. The van der Waals surface area contributed by atoms with Crippen LogP contribution < -0.4 is 10.6 Å². The largest absolute Gasteiger partial charge is 0.350 e. The molecule has 0 spiro atoms. The summed E-state index contributed by atoms with van der Waals surface area (Å²) in [5, 5.41) is 6.75. The van der Waals surface area contributed by atoms with Crippen LogP contribution in [-0.4, -0.2) is 24.5 Å². The molecule has 1 aliphatic carbocycles. The zero-order valence-electron chi connectivity index (χ0n) is 12.1. The molecule has 2 aliphatic rings. The molecule has 1 atom stereocenters. The first-order valence-electron chi connectivity index (χ1n) is 7.47. The molecule has 1 unspecified atom stereocenters. The third-order valence-corrected chi connectivity index (χ3v) is 5.03. The fourth-order valence-electron chi connectivity index (χ4n) is 3.37. The first-order chi connectivity index (χ1) is 8.44. The van der Waals surface area contributed by atoms with Crippen LogP contribution in [0.25, 0.3) is 0 Å². The summed E-state index contributed by atoms with van der Waals surface area (Å²) < 4.78 is 0. The minimum Gasteiger partial charge on any atom is -0.350 e. The van der Waals surface area contributed by atoms with Gasteiger partial charge in [0.05, 0.1) is 0 Å². The van der Waals surface area contributed by atoms with Gasteiger partial charge in [-0.2, -0.15) is 0 Å². The van der Waals surface area contributed by atoms with Gasteiger partial charge in [-0.25, -0.2) is 0 Å². The van der Waals surface area contributed by atoms with Crippen molar-refractivity contribution in [1.29, 1.82) is 0 Å². The maximum absolute atomic E-state index is 12.6. The fraction of sp³-hybridized carbons (Fsp3) is 0.933. The second kappa shape index (κ2) is 5.20. The van der Waals surface area contributed by atoms with Gasteiger partial charge in [0.1, 0.15) is 0 Å². The lowest BCUT2D eigenvalue weighted by molar-refractivity contribution is -0.134. The van der Waals surface area contributed by atoms with Crippen LogP contribution in [0.3, 0.4) is 0 Å². The van der Waals surface area contributed by atoms with E-state index in [0.717, 1.165) is 25.9 Å². The van der Waals surface area contributed by atoms with Crippen molar-refractivity contribution >= 4 is 5.91 Å². The first-order valence-corrected chi connectivity index (χ1v) is 7.47. The molecule has 1 amide bonds. The van der Waals surface area contributed by atoms with Crippen molar-refractivity contribution in [2.75, 3.05) is 13.1 Å². The molecule has 0 aromatic heterocycles. The summed E-state index contributed by atoms with van der Waals surface area (Å²) >= 11 is 0. The first kappa shape index (κ1) is 13.9. The Morgan fingerprint density at radius 3 is 2.50 bits per heavy atom. The molecule has 0 aromatic rings. The van der Waals surface area contributed by atoms with E-state index in [1.807, 2.05) is 0 Å². The Hall–Kier alpha value is -0.570. The zero-order valence-corrected chi connectivity index (χ0v) is 12.1. The quantitative estimate of drug-likeness (QED) is 0.810. The maximum Gasteiger partial charge on any atom is 0.226 e. The van der Waals surface area contributed by atoms with Crippen molar-refractivity contribution in [3.8, 4) is 0 Å². The summed E-state index contributed by atoms with van der Waals surface area (Å²) in [6.07, 6.45) is 7.14. The number of nitrogens with one attached hydrogen (secondary N) is 2.